The van der Waals surface area contributed by atoms with Gasteiger partial charge in [-0.05, 0) is 25.0 Å². The number of carbonyl (C=O) groups is 2. The lowest BCUT2D eigenvalue weighted by Crippen LogP contribution is -2.39. The third-order valence-corrected chi connectivity index (χ3v) is 4.25. The van der Waals surface area contributed by atoms with E-state index in [2.05, 4.69) is 31.4 Å². The quantitative estimate of drug-likeness (QED) is 0.576. The number of allylic oxidation sites excluding steroid dienone is 2. The Hall–Kier alpha value is -2.54. The van der Waals surface area contributed by atoms with Gasteiger partial charge < -0.3 is 25.7 Å². The second kappa shape index (κ2) is 9.24. The lowest BCUT2D eigenvalue weighted by atomic mass is 9.96. The molecule has 1 atom stereocenters. The molecule has 1 aliphatic rings. The number of nitrogens with one attached hydrogen (secondary N) is 2. The number of carbonyl (C=O) groups excluding carboxylic acids is 2. The molecule has 0 aliphatic heterocycles. The number of nitrogens with zero attached hydrogens (tertiary/aromatic N) is 1. The monoisotopic (exact) mass is 363 g/mol. The molecule has 144 valence electrons. The normalized spacial score (nSPS) is 14.2. The number of ketones is 1. The fourth-order valence-corrected chi connectivity index (χ4v) is 2.30. The highest BCUT2D eigenvalue weighted by atomic mass is 16.3. The first-order valence-electron chi connectivity index (χ1n) is 8.50. The van der Waals surface area contributed by atoms with Crippen molar-refractivity contribution in [1.82, 2.24) is 10.2 Å². The number of aliphatic hydroxyl groups excluding tert-OH is 1. The molecule has 1 amide bonds. The average molecular weight is 363 g/mol. The molecule has 26 heavy (non-hydrogen) atoms. The van der Waals surface area contributed by atoms with Gasteiger partial charge in [0.05, 0.1) is 17.7 Å². The van der Waals surface area contributed by atoms with Crippen LogP contribution in [-0.2, 0) is 4.79 Å². The first-order valence-corrected chi connectivity index (χ1v) is 8.50. The van der Waals surface area contributed by atoms with Crippen LogP contribution in [0.1, 0.15) is 37.6 Å². The van der Waals surface area contributed by atoms with Crippen molar-refractivity contribution in [2.75, 3.05) is 26.5 Å². The largest absolute Gasteiger partial charge is 0.505 e. The zero-order chi connectivity index (χ0) is 20.0. The Labute approximate surface area is 154 Å². The maximum absolute atomic E-state index is 12.1. The molecule has 7 nitrogen and oxygen atoms in total. The van der Waals surface area contributed by atoms with Crippen LogP contribution in [0, 0.1) is 5.92 Å². The van der Waals surface area contributed by atoms with Gasteiger partial charge in [0.25, 0.3) is 5.91 Å². The summed E-state index contributed by atoms with van der Waals surface area (Å²) in [6.07, 6.45) is 0.358. The Kier molecular flexibility index (Phi) is 7.64. The van der Waals surface area contributed by atoms with Gasteiger partial charge in [-0.15, -0.1) is 0 Å². The van der Waals surface area contributed by atoms with E-state index in [1.807, 2.05) is 0 Å². The SMILES string of the molecule is CC(C)[C@@H](C)NC1=C(Nc2cccc(C(=O)N(C)C)c2O)C(=O)C1.CO. The van der Waals surface area contributed by atoms with Crippen molar-refractivity contribution in [3.63, 3.8) is 0 Å². The fourth-order valence-electron chi connectivity index (χ4n) is 2.30. The summed E-state index contributed by atoms with van der Waals surface area (Å²) in [6.45, 7) is 6.27. The van der Waals surface area contributed by atoms with E-state index in [0.29, 0.717) is 23.7 Å². The summed E-state index contributed by atoms with van der Waals surface area (Å²) in [4.78, 5) is 25.4. The highest BCUT2D eigenvalue weighted by Crippen LogP contribution is 2.32. The van der Waals surface area contributed by atoms with Crippen molar-refractivity contribution in [1.29, 1.82) is 0 Å². The number of phenolic OH excluding ortho intramolecular Hbond substituents is 1. The van der Waals surface area contributed by atoms with Crippen molar-refractivity contribution in [3.05, 3.63) is 35.2 Å². The molecule has 0 radical (unpaired) electrons. The van der Waals surface area contributed by atoms with Crippen molar-refractivity contribution in [2.24, 2.45) is 5.92 Å². The Morgan fingerprint density at radius 1 is 1.19 bits per heavy atom. The first-order chi connectivity index (χ1) is 12.2. The van der Waals surface area contributed by atoms with Crippen molar-refractivity contribution < 1.29 is 19.8 Å². The van der Waals surface area contributed by atoms with Gasteiger partial charge in [-0.25, -0.2) is 0 Å². The molecule has 0 aromatic heterocycles. The second-order valence-corrected chi connectivity index (χ2v) is 6.66. The molecule has 0 fully saturated rings. The molecule has 7 heteroatoms. The van der Waals surface area contributed by atoms with E-state index < -0.39 is 0 Å². The predicted octanol–water partition coefficient (Wildman–Crippen LogP) is 1.93. The molecule has 4 N–H and O–H groups in total. The van der Waals surface area contributed by atoms with Crippen molar-refractivity contribution >= 4 is 17.4 Å². The standard InChI is InChI=1S/C18H25N3O3.CH4O/c1-10(2)11(3)19-14-9-15(22)16(14)20-13-8-6-7-12(17(13)23)18(24)21(4)5;1-2/h6-8,10-11,19-20,23H,9H2,1-5H3;2H,1H3/t11-;/m1./s1. The number of Topliss-reactive ketones (excluding diaryl/α,β-unsaturated/α-hetero) is 1. The molecule has 0 saturated heterocycles. The van der Waals surface area contributed by atoms with E-state index in [1.54, 1.807) is 32.3 Å². The number of amides is 1. The minimum absolute atomic E-state index is 0.0165. The Balaban J connectivity index is 0.00000163. The van der Waals surface area contributed by atoms with Crippen LogP contribution in [0.2, 0.25) is 0 Å². The molecule has 0 bridgehead atoms. The van der Waals surface area contributed by atoms with Gasteiger partial charge in [0.2, 0.25) is 0 Å². The highest BCUT2D eigenvalue weighted by Gasteiger charge is 2.29. The number of para-hydroxylation sites is 1. The minimum atomic E-state index is -0.295. The fraction of sp³-hybridized carbons (Fsp3) is 0.474. The number of phenols is 1. The van der Waals surface area contributed by atoms with E-state index in [4.69, 9.17) is 5.11 Å². The summed E-state index contributed by atoms with van der Waals surface area (Å²) >= 11 is 0. The van der Waals surface area contributed by atoms with Gasteiger partial charge in [0, 0.05) is 32.9 Å². The lowest BCUT2D eigenvalue weighted by Gasteiger charge is -2.29. The molecule has 0 unspecified atom stereocenters. The minimum Gasteiger partial charge on any atom is -0.505 e. The molecule has 0 heterocycles. The number of anilines is 1. The zero-order valence-electron chi connectivity index (χ0n) is 16.3. The van der Waals surface area contributed by atoms with Gasteiger partial charge in [0.1, 0.15) is 5.70 Å². The molecule has 0 spiro atoms. The third kappa shape index (κ3) is 4.76. The Bertz CT molecular complexity index is 696. The number of hydrogen-bond donors (Lipinski definition) is 4. The molecular weight excluding hydrogens is 334 g/mol. The van der Waals surface area contributed by atoms with Crippen LogP contribution < -0.4 is 10.6 Å². The molecule has 1 aromatic rings. The number of aliphatic hydroxyl groups is 1. The van der Waals surface area contributed by atoms with E-state index in [0.717, 1.165) is 12.8 Å². The van der Waals surface area contributed by atoms with Gasteiger partial charge in [-0.3, -0.25) is 9.59 Å². The average Bonchev–Trinajstić information content (AvgIpc) is 2.61. The summed E-state index contributed by atoms with van der Waals surface area (Å²) in [5, 5.41) is 23.7. The summed E-state index contributed by atoms with van der Waals surface area (Å²) in [6, 6.07) is 5.11. The number of rotatable bonds is 6. The Morgan fingerprint density at radius 2 is 1.81 bits per heavy atom. The van der Waals surface area contributed by atoms with Gasteiger partial charge in [0.15, 0.2) is 11.5 Å². The summed E-state index contributed by atoms with van der Waals surface area (Å²) in [5.74, 6) is -0.0300. The van der Waals surface area contributed by atoms with E-state index in [9.17, 15) is 14.7 Å². The smallest absolute Gasteiger partial charge is 0.257 e. The van der Waals surface area contributed by atoms with Crippen molar-refractivity contribution in [3.8, 4) is 5.75 Å². The van der Waals surface area contributed by atoms with Crippen LogP contribution in [0.3, 0.4) is 0 Å². The molecular formula is C19H29N3O4. The first kappa shape index (κ1) is 21.5. The summed E-state index contributed by atoms with van der Waals surface area (Å²) in [7, 11) is 4.24. The van der Waals surface area contributed by atoms with Crippen LogP contribution in [0.4, 0.5) is 5.69 Å². The summed E-state index contributed by atoms with van der Waals surface area (Å²) < 4.78 is 0. The molecule has 2 rings (SSSR count). The number of aromatic hydroxyl groups is 1. The van der Waals surface area contributed by atoms with Crippen LogP contribution in [-0.4, -0.2) is 54.1 Å². The third-order valence-electron chi connectivity index (χ3n) is 4.25. The van der Waals surface area contributed by atoms with Gasteiger partial charge in [-0.1, -0.05) is 19.9 Å². The van der Waals surface area contributed by atoms with Crippen LogP contribution in [0.25, 0.3) is 0 Å². The topological polar surface area (TPSA) is 102 Å². The zero-order valence-corrected chi connectivity index (χ0v) is 16.3. The Morgan fingerprint density at radius 3 is 2.31 bits per heavy atom. The van der Waals surface area contributed by atoms with Crippen molar-refractivity contribution in [2.45, 2.75) is 33.2 Å². The van der Waals surface area contributed by atoms with Crippen LogP contribution in [0.15, 0.2) is 29.6 Å². The van der Waals surface area contributed by atoms with Gasteiger partial charge in [-0.2, -0.15) is 0 Å². The number of benzene rings is 1. The second-order valence-electron chi connectivity index (χ2n) is 6.66. The summed E-state index contributed by atoms with van der Waals surface area (Å²) in [5.41, 5.74) is 1.84. The van der Waals surface area contributed by atoms with Gasteiger partial charge >= 0.3 is 0 Å². The van der Waals surface area contributed by atoms with E-state index in [-0.39, 0.29) is 29.0 Å². The highest BCUT2D eigenvalue weighted by molar-refractivity contribution is 6.07. The van der Waals surface area contributed by atoms with E-state index >= 15 is 0 Å². The molecule has 0 saturated carbocycles. The maximum atomic E-state index is 12.1. The number of hydrogen-bond acceptors (Lipinski definition) is 6. The lowest BCUT2D eigenvalue weighted by molar-refractivity contribution is -0.116. The van der Waals surface area contributed by atoms with E-state index in [1.165, 1.54) is 4.90 Å². The maximum Gasteiger partial charge on any atom is 0.257 e. The predicted molar refractivity (Wildman–Crippen MR) is 102 cm³/mol. The molecule has 1 aromatic carbocycles. The molecule has 1 aliphatic carbocycles. The van der Waals surface area contributed by atoms with Crippen LogP contribution >= 0.6 is 0 Å². The van der Waals surface area contributed by atoms with Crippen LogP contribution in [0.5, 0.6) is 5.75 Å².